The fourth-order valence-corrected chi connectivity index (χ4v) is 3.72. The Hall–Kier alpha value is -1.91. The number of hydrogen-bond donors (Lipinski definition) is 1. The van der Waals surface area contributed by atoms with Crippen LogP contribution in [0.25, 0.3) is 5.52 Å². The minimum Gasteiger partial charge on any atom is -0.479 e. The Labute approximate surface area is 139 Å². The van der Waals surface area contributed by atoms with Crippen molar-refractivity contribution >= 4 is 21.4 Å². The summed E-state index contributed by atoms with van der Waals surface area (Å²) in [6, 6.07) is 2.88. The average molecular weight is 357 g/mol. The molecule has 0 aromatic carbocycles. The van der Waals surface area contributed by atoms with E-state index in [2.05, 4.69) is 10.00 Å². The van der Waals surface area contributed by atoms with E-state index in [0.717, 1.165) is 11.2 Å². The molecule has 0 aliphatic carbocycles. The molecule has 3 heterocycles. The van der Waals surface area contributed by atoms with Crippen molar-refractivity contribution in [1.29, 1.82) is 0 Å². The summed E-state index contributed by atoms with van der Waals surface area (Å²) in [6.45, 7) is 1.32. The van der Waals surface area contributed by atoms with Gasteiger partial charge < -0.3 is 9.64 Å². The zero-order chi connectivity index (χ0) is 17.5. The molecule has 24 heavy (non-hydrogen) atoms. The van der Waals surface area contributed by atoms with E-state index in [9.17, 15) is 12.8 Å². The van der Waals surface area contributed by atoms with E-state index in [1.54, 1.807) is 12.3 Å². The highest BCUT2D eigenvalue weighted by atomic mass is 32.2. The second kappa shape index (κ2) is 6.19. The molecule has 0 unspecified atom stereocenters. The lowest BCUT2D eigenvalue weighted by molar-refractivity contribution is 0.312. The summed E-state index contributed by atoms with van der Waals surface area (Å²) in [5, 5.41) is 9.38. The number of ether oxygens (including phenoxy) is 1. The summed E-state index contributed by atoms with van der Waals surface area (Å²) >= 11 is 0. The number of fused-ring (bicyclic) bond motifs is 1. The highest BCUT2D eigenvalue weighted by Gasteiger charge is 2.28. The van der Waals surface area contributed by atoms with E-state index >= 15 is 0 Å². The Morgan fingerprint density at radius 1 is 1.38 bits per heavy atom. The number of nitrogens with two attached hydrogens (primary N) is 1. The van der Waals surface area contributed by atoms with Gasteiger partial charge in [0.25, 0.3) is 16.1 Å². The molecule has 1 aliphatic rings. The predicted molar refractivity (Wildman–Crippen MR) is 87.8 cm³/mol. The molecule has 0 bridgehead atoms. The van der Waals surface area contributed by atoms with Crippen molar-refractivity contribution in [3.8, 4) is 5.88 Å². The second-order valence-electron chi connectivity index (χ2n) is 5.80. The smallest absolute Gasteiger partial charge is 0.276 e. The van der Waals surface area contributed by atoms with Crippen LogP contribution in [0.4, 0.5) is 10.1 Å². The van der Waals surface area contributed by atoms with Crippen LogP contribution in [0.3, 0.4) is 0 Å². The topological polar surface area (TPSA) is 93.2 Å². The van der Waals surface area contributed by atoms with Gasteiger partial charge in [-0.2, -0.15) is 22.3 Å². The minimum atomic E-state index is -3.68. The first-order chi connectivity index (χ1) is 11.3. The zero-order valence-corrected chi connectivity index (χ0v) is 14.3. The fraction of sp³-hybridized carbons (Fsp3) is 0.500. The summed E-state index contributed by atoms with van der Waals surface area (Å²) in [6.07, 6.45) is 2.98. The van der Waals surface area contributed by atoms with Crippen molar-refractivity contribution < 1.29 is 17.5 Å². The maximum absolute atomic E-state index is 13.7. The van der Waals surface area contributed by atoms with Gasteiger partial charge in [0, 0.05) is 26.2 Å². The fourth-order valence-electron chi connectivity index (χ4n) is 3.10. The number of halogens is 1. The van der Waals surface area contributed by atoms with Gasteiger partial charge in [0.1, 0.15) is 0 Å². The van der Waals surface area contributed by atoms with Crippen LogP contribution < -0.4 is 14.8 Å². The average Bonchev–Trinajstić information content (AvgIpc) is 2.97. The van der Waals surface area contributed by atoms with E-state index in [4.69, 9.17) is 9.88 Å². The van der Waals surface area contributed by atoms with Gasteiger partial charge in [-0.1, -0.05) is 0 Å². The molecule has 0 radical (unpaired) electrons. The van der Waals surface area contributed by atoms with Gasteiger partial charge in [-0.15, -0.1) is 0 Å². The maximum atomic E-state index is 13.7. The van der Waals surface area contributed by atoms with Crippen molar-refractivity contribution in [3.63, 3.8) is 0 Å². The molecule has 10 heteroatoms. The first-order valence-corrected chi connectivity index (χ1v) is 9.04. The van der Waals surface area contributed by atoms with Gasteiger partial charge in [-0.25, -0.2) is 9.53 Å². The quantitative estimate of drug-likeness (QED) is 0.864. The van der Waals surface area contributed by atoms with E-state index in [1.807, 2.05) is 0 Å². The monoisotopic (exact) mass is 357 g/mol. The Morgan fingerprint density at radius 3 is 2.62 bits per heavy atom. The summed E-state index contributed by atoms with van der Waals surface area (Å²) in [4.78, 5) is 2.10. The van der Waals surface area contributed by atoms with Crippen LogP contribution in [0, 0.1) is 5.82 Å². The number of anilines is 1. The molecule has 3 rings (SSSR count). The number of pyridine rings is 1. The lowest BCUT2D eigenvalue weighted by Gasteiger charge is -2.36. The molecule has 2 aromatic rings. The Kier molecular flexibility index (Phi) is 4.37. The van der Waals surface area contributed by atoms with Crippen molar-refractivity contribution in [2.75, 3.05) is 32.1 Å². The van der Waals surface area contributed by atoms with Crippen LogP contribution in [0.5, 0.6) is 5.88 Å². The van der Waals surface area contributed by atoms with Crippen LogP contribution >= 0.6 is 0 Å². The number of rotatable bonds is 4. The molecule has 2 N–H and O–H groups in total. The zero-order valence-electron chi connectivity index (χ0n) is 13.5. The standard InChI is InChI=1S/C14H20FN5O3S/c1-18(24(16,21)22)10-5-7-19(8-6-10)13-9-17-20-12(13)4-3-11(15)14(20)23-2/h3-4,9-10H,5-8H2,1-2H3,(H2,16,21,22). The molecule has 1 aliphatic heterocycles. The number of hydrogen-bond acceptors (Lipinski definition) is 5. The van der Waals surface area contributed by atoms with Gasteiger partial charge in [0.05, 0.1) is 24.5 Å². The van der Waals surface area contributed by atoms with E-state index in [-0.39, 0.29) is 11.9 Å². The molecular formula is C14H20FN5O3S. The maximum Gasteiger partial charge on any atom is 0.276 e. The van der Waals surface area contributed by atoms with Crippen LogP contribution in [0.2, 0.25) is 0 Å². The third-order valence-electron chi connectivity index (χ3n) is 4.48. The van der Waals surface area contributed by atoms with Crippen LogP contribution in [-0.2, 0) is 10.2 Å². The molecule has 8 nitrogen and oxygen atoms in total. The highest BCUT2D eigenvalue weighted by Crippen LogP contribution is 2.29. The van der Waals surface area contributed by atoms with Gasteiger partial charge in [0.2, 0.25) is 0 Å². The van der Waals surface area contributed by atoms with Crippen LogP contribution in [0.1, 0.15) is 12.8 Å². The van der Waals surface area contributed by atoms with Crippen molar-refractivity contribution in [1.82, 2.24) is 13.9 Å². The second-order valence-corrected chi connectivity index (χ2v) is 7.40. The van der Waals surface area contributed by atoms with Crippen molar-refractivity contribution in [2.45, 2.75) is 18.9 Å². The van der Waals surface area contributed by atoms with Gasteiger partial charge in [-0.3, -0.25) is 0 Å². The van der Waals surface area contributed by atoms with Crippen LogP contribution in [-0.4, -0.2) is 55.6 Å². The lowest BCUT2D eigenvalue weighted by atomic mass is 10.0. The molecule has 0 spiro atoms. The van der Waals surface area contributed by atoms with Gasteiger partial charge >= 0.3 is 0 Å². The van der Waals surface area contributed by atoms with Crippen molar-refractivity contribution in [3.05, 3.63) is 24.1 Å². The van der Waals surface area contributed by atoms with Crippen molar-refractivity contribution in [2.24, 2.45) is 5.14 Å². The first kappa shape index (κ1) is 16.9. The predicted octanol–water partition coefficient (Wildman–Crippen LogP) is 0.586. The molecule has 0 atom stereocenters. The Morgan fingerprint density at radius 2 is 2.04 bits per heavy atom. The van der Waals surface area contributed by atoms with Gasteiger partial charge in [0.15, 0.2) is 5.82 Å². The molecule has 0 amide bonds. The van der Waals surface area contributed by atoms with E-state index < -0.39 is 16.0 Å². The molecule has 2 aromatic heterocycles. The molecule has 1 fully saturated rings. The lowest BCUT2D eigenvalue weighted by Crippen LogP contribution is -2.47. The summed E-state index contributed by atoms with van der Waals surface area (Å²) in [7, 11) is -0.787. The number of piperidine rings is 1. The Balaban J connectivity index is 1.82. The summed E-state index contributed by atoms with van der Waals surface area (Å²) in [5.74, 6) is -0.421. The highest BCUT2D eigenvalue weighted by molar-refractivity contribution is 7.86. The first-order valence-electron chi connectivity index (χ1n) is 7.54. The molecule has 132 valence electrons. The molecule has 0 saturated carbocycles. The van der Waals surface area contributed by atoms with Gasteiger partial charge in [-0.05, 0) is 25.0 Å². The third-order valence-corrected chi connectivity index (χ3v) is 5.59. The normalized spacial score (nSPS) is 17.0. The minimum absolute atomic E-state index is 0.0580. The van der Waals surface area contributed by atoms with E-state index in [1.165, 1.54) is 29.0 Å². The van der Waals surface area contributed by atoms with Crippen LogP contribution in [0.15, 0.2) is 18.3 Å². The SMILES string of the molecule is COc1c(F)ccc2c(N3CCC(N(C)S(N)(=O)=O)CC3)cnn12. The third kappa shape index (κ3) is 2.92. The largest absolute Gasteiger partial charge is 0.479 e. The van der Waals surface area contributed by atoms with E-state index in [0.29, 0.717) is 25.9 Å². The number of methoxy groups -OCH3 is 1. The summed E-state index contributed by atoms with van der Waals surface area (Å²) < 4.78 is 44.3. The number of aromatic nitrogens is 2. The summed E-state index contributed by atoms with van der Waals surface area (Å²) in [5.41, 5.74) is 1.61. The Bertz CT molecular complexity index is 845. The molecule has 1 saturated heterocycles. The number of nitrogens with zero attached hydrogens (tertiary/aromatic N) is 4. The molecular weight excluding hydrogens is 337 g/mol.